The van der Waals surface area contributed by atoms with E-state index in [1.165, 1.54) is 0 Å². The van der Waals surface area contributed by atoms with Crippen LogP contribution in [0.25, 0.3) is 6.08 Å². The van der Waals surface area contributed by atoms with Crippen LogP contribution in [0.4, 0.5) is 0 Å². The topological polar surface area (TPSA) is 78.1 Å². The Morgan fingerprint density at radius 2 is 2.07 bits per heavy atom. The number of nitrogens with one attached hydrogen (secondary N) is 1. The fraction of sp³-hybridized carbons (Fsp3) is 0.591. The second-order valence-electron chi connectivity index (χ2n) is 7.45. The van der Waals surface area contributed by atoms with Crippen molar-refractivity contribution in [2.45, 2.75) is 65.8 Å². The molecule has 1 aliphatic rings. The molecule has 1 N–H and O–H groups in total. The summed E-state index contributed by atoms with van der Waals surface area (Å²) in [5.74, 6) is -0.145. The molecule has 152 valence electrons. The van der Waals surface area contributed by atoms with Gasteiger partial charge in [-0.3, -0.25) is 9.59 Å². The average molecular weight is 385 g/mol. The maximum Gasteiger partial charge on any atom is 0.261 e. The number of aryl methyl sites for hydroxylation is 1. The summed E-state index contributed by atoms with van der Waals surface area (Å²) in [6.45, 7) is 9.02. The van der Waals surface area contributed by atoms with Gasteiger partial charge < -0.3 is 14.8 Å². The highest BCUT2D eigenvalue weighted by atomic mass is 16.2. The molecule has 2 amide bonds. The number of nitrogens with zero attached hydrogens (tertiary/aromatic N) is 3. The normalized spacial score (nSPS) is 15.3. The Balaban J connectivity index is 1.91. The molecule has 0 atom stereocenters. The smallest absolute Gasteiger partial charge is 0.261 e. The molecule has 0 bridgehead atoms. The summed E-state index contributed by atoms with van der Waals surface area (Å²) in [5, 5.41) is 12.2. The van der Waals surface area contributed by atoms with Crippen LogP contribution in [-0.4, -0.2) is 40.9 Å². The second kappa shape index (κ2) is 10.7. The van der Waals surface area contributed by atoms with Crippen molar-refractivity contribution in [2.24, 2.45) is 0 Å². The summed E-state index contributed by atoms with van der Waals surface area (Å²) in [6, 6.07) is 4.03. The first-order chi connectivity index (χ1) is 13.5. The average Bonchev–Trinajstić information content (AvgIpc) is 2.83. The van der Waals surface area contributed by atoms with Gasteiger partial charge in [-0.05, 0) is 57.2 Å². The maximum atomic E-state index is 12.4. The highest BCUT2D eigenvalue weighted by Gasteiger charge is 2.16. The van der Waals surface area contributed by atoms with E-state index in [4.69, 9.17) is 0 Å². The number of amides is 2. The Kier molecular flexibility index (Phi) is 8.31. The van der Waals surface area contributed by atoms with Crippen molar-refractivity contribution in [3.8, 4) is 6.07 Å². The second-order valence-corrected chi connectivity index (χ2v) is 7.45. The number of hydrogen-bond acceptors (Lipinski definition) is 3. The van der Waals surface area contributed by atoms with E-state index in [9.17, 15) is 14.9 Å². The van der Waals surface area contributed by atoms with Gasteiger partial charge in [0.2, 0.25) is 5.91 Å². The molecular weight excluding hydrogens is 352 g/mol. The maximum absolute atomic E-state index is 12.4. The van der Waals surface area contributed by atoms with E-state index in [1.807, 2.05) is 30.9 Å². The van der Waals surface area contributed by atoms with Crippen LogP contribution in [0.1, 0.15) is 62.4 Å². The number of nitriles is 1. The fourth-order valence-corrected chi connectivity index (χ4v) is 3.69. The molecule has 2 rings (SSSR count). The third-order valence-corrected chi connectivity index (χ3v) is 5.29. The van der Waals surface area contributed by atoms with Gasteiger partial charge in [-0.25, -0.2) is 0 Å². The lowest BCUT2D eigenvalue weighted by atomic mass is 10.1. The molecule has 1 fully saturated rings. The largest absolute Gasteiger partial charge is 0.351 e. The van der Waals surface area contributed by atoms with Crippen molar-refractivity contribution >= 4 is 17.9 Å². The van der Waals surface area contributed by atoms with Gasteiger partial charge in [0, 0.05) is 44.0 Å². The molecule has 0 spiro atoms. The van der Waals surface area contributed by atoms with Gasteiger partial charge in [0.15, 0.2) is 0 Å². The lowest BCUT2D eigenvalue weighted by molar-refractivity contribution is -0.130. The molecule has 2 heterocycles. The van der Waals surface area contributed by atoms with E-state index in [1.54, 1.807) is 6.08 Å². The summed E-state index contributed by atoms with van der Waals surface area (Å²) >= 11 is 0. The molecule has 1 aliphatic heterocycles. The number of carbonyl (C=O) groups is 2. The van der Waals surface area contributed by atoms with Gasteiger partial charge in [0.1, 0.15) is 11.6 Å². The van der Waals surface area contributed by atoms with Gasteiger partial charge >= 0.3 is 0 Å². The van der Waals surface area contributed by atoms with E-state index in [0.29, 0.717) is 25.9 Å². The van der Waals surface area contributed by atoms with Crippen molar-refractivity contribution in [1.29, 1.82) is 5.26 Å². The van der Waals surface area contributed by atoms with E-state index < -0.39 is 0 Å². The molecule has 1 saturated heterocycles. The predicted octanol–water partition coefficient (Wildman–Crippen LogP) is 3.33. The molecule has 0 aromatic carbocycles. The Bertz CT molecular complexity index is 770. The quantitative estimate of drug-likeness (QED) is 0.424. The Labute approximate surface area is 168 Å². The van der Waals surface area contributed by atoms with Crippen LogP contribution in [-0.2, 0) is 16.1 Å². The lowest BCUT2D eigenvalue weighted by Gasteiger charge is -2.20. The van der Waals surface area contributed by atoms with Crippen molar-refractivity contribution in [1.82, 2.24) is 14.8 Å². The zero-order valence-corrected chi connectivity index (χ0v) is 17.4. The number of aromatic nitrogens is 1. The van der Waals surface area contributed by atoms with Gasteiger partial charge in [0.05, 0.1) is 0 Å². The van der Waals surface area contributed by atoms with Crippen LogP contribution in [0.3, 0.4) is 0 Å². The van der Waals surface area contributed by atoms with Crippen molar-refractivity contribution in [3.05, 3.63) is 28.6 Å². The van der Waals surface area contributed by atoms with Crippen molar-refractivity contribution in [3.63, 3.8) is 0 Å². The van der Waals surface area contributed by atoms with Crippen LogP contribution in [0.15, 0.2) is 11.6 Å². The third-order valence-electron chi connectivity index (χ3n) is 5.29. The third kappa shape index (κ3) is 5.72. The highest BCUT2D eigenvalue weighted by Crippen LogP contribution is 2.19. The van der Waals surface area contributed by atoms with Gasteiger partial charge in [0.25, 0.3) is 5.91 Å². The molecule has 0 saturated carbocycles. The van der Waals surface area contributed by atoms with E-state index in [0.717, 1.165) is 55.7 Å². The first-order valence-corrected chi connectivity index (χ1v) is 10.3. The molecule has 0 radical (unpaired) electrons. The standard InChI is InChI=1S/C22H32N4O2/c1-4-11-26-17(2)14-19(18(26)3)15-20(16-23)22(28)24-10-8-13-25-12-7-5-6-9-21(25)27/h14-15H,4-13H2,1-3H3,(H,24,28). The minimum Gasteiger partial charge on any atom is -0.351 e. The van der Waals surface area contributed by atoms with Crippen LogP contribution in [0.2, 0.25) is 0 Å². The molecule has 28 heavy (non-hydrogen) atoms. The minimum absolute atomic E-state index is 0.114. The lowest BCUT2D eigenvalue weighted by Crippen LogP contribution is -2.34. The summed E-state index contributed by atoms with van der Waals surface area (Å²) in [7, 11) is 0. The molecule has 1 aromatic heterocycles. The summed E-state index contributed by atoms with van der Waals surface area (Å²) < 4.78 is 2.21. The van der Waals surface area contributed by atoms with Crippen LogP contribution in [0, 0.1) is 25.2 Å². The van der Waals surface area contributed by atoms with Gasteiger partial charge in [-0.1, -0.05) is 13.3 Å². The zero-order chi connectivity index (χ0) is 20.5. The first-order valence-electron chi connectivity index (χ1n) is 10.3. The number of likely N-dealkylation sites (tertiary alicyclic amines) is 1. The fourth-order valence-electron chi connectivity index (χ4n) is 3.69. The molecule has 0 unspecified atom stereocenters. The highest BCUT2D eigenvalue weighted by molar-refractivity contribution is 6.01. The predicted molar refractivity (Wildman–Crippen MR) is 110 cm³/mol. The number of carbonyl (C=O) groups excluding carboxylic acids is 2. The number of rotatable bonds is 8. The van der Waals surface area contributed by atoms with E-state index in [-0.39, 0.29) is 17.4 Å². The molecule has 0 aliphatic carbocycles. The van der Waals surface area contributed by atoms with Gasteiger partial charge in [-0.15, -0.1) is 0 Å². The molecule has 1 aromatic rings. The van der Waals surface area contributed by atoms with Gasteiger partial charge in [-0.2, -0.15) is 5.26 Å². The summed E-state index contributed by atoms with van der Waals surface area (Å²) in [5.41, 5.74) is 3.22. The summed E-state index contributed by atoms with van der Waals surface area (Å²) in [6.07, 6.45) is 7.16. The molecule has 6 nitrogen and oxygen atoms in total. The van der Waals surface area contributed by atoms with Crippen molar-refractivity contribution < 1.29 is 9.59 Å². The molecular formula is C22H32N4O2. The minimum atomic E-state index is -0.356. The monoisotopic (exact) mass is 384 g/mol. The number of hydrogen-bond donors (Lipinski definition) is 1. The van der Waals surface area contributed by atoms with E-state index in [2.05, 4.69) is 16.8 Å². The summed E-state index contributed by atoms with van der Waals surface area (Å²) in [4.78, 5) is 26.3. The van der Waals surface area contributed by atoms with Crippen LogP contribution >= 0.6 is 0 Å². The van der Waals surface area contributed by atoms with E-state index >= 15 is 0 Å². The Morgan fingerprint density at radius 3 is 2.79 bits per heavy atom. The van der Waals surface area contributed by atoms with Crippen LogP contribution < -0.4 is 5.32 Å². The molecule has 6 heteroatoms. The van der Waals surface area contributed by atoms with Crippen LogP contribution in [0.5, 0.6) is 0 Å². The SMILES string of the molecule is CCCn1c(C)cc(C=C(C#N)C(=O)NCCCN2CCCCCC2=O)c1C. The zero-order valence-electron chi connectivity index (χ0n) is 17.4. The first kappa shape index (κ1) is 21.7. The Hall–Kier alpha value is -2.55. The van der Waals surface area contributed by atoms with Crippen molar-refractivity contribution in [2.75, 3.05) is 19.6 Å². The Morgan fingerprint density at radius 1 is 1.29 bits per heavy atom.